The van der Waals surface area contributed by atoms with Crippen molar-refractivity contribution in [3.63, 3.8) is 0 Å². The van der Waals surface area contributed by atoms with Crippen molar-refractivity contribution in [2.24, 2.45) is 0 Å². The zero-order chi connectivity index (χ0) is 17.7. The van der Waals surface area contributed by atoms with E-state index in [0.717, 1.165) is 13.1 Å². The van der Waals surface area contributed by atoms with Crippen LogP contribution in [-0.4, -0.2) is 8.07 Å². The van der Waals surface area contributed by atoms with Gasteiger partial charge in [0.25, 0.3) is 0 Å². The van der Waals surface area contributed by atoms with Gasteiger partial charge in [-0.25, -0.2) is 35.1 Å². The highest BCUT2D eigenvalue weighted by molar-refractivity contribution is 7.00. The van der Waals surface area contributed by atoms with Crippen molar-refractivity contribution in [2.45, 2.75) is 13.1 Å². The second kappa shape index (κ2) is 5.62. The van der Waals surface area contributed by atoms with Crippen LogP contribution in [0.5, 0.6) is 0 Å². The standard InChI is InChI=1S/C14H8F8Si/c1-23(2,7-3-5(15)9(17)13(21)11(7)19)8-4-6(16)10(18)14(22)12(8)20/h3-4H,1-2H3. The molecule has 0 fully saturated rings. The summed E-state index contributed by atoms with van der Waals surface area (Å²) in [5.41, 5.74) is 0. The Kier molecular flexibility index (Phi) is 4.27. The van der Waals surface area contributed by atoms with Crippen molar-refractivity contribution in [1.29, 1.82) is 0 Å². The van der Waals surface area contributed by atoms with Crippen LogP contribution >= 0.6 is 0 Å². The highest BCUT2D eigenvalue weighted by Crippen LogP contribution is 2.20. The first-order valence-electron chi connectivity index (χ1n) is 6.17. The van der Waals surface area contributed by atoms with E-state index in [9.17, 15) is 35.1 Å². The lowest BCUT2D eigenvalue weighted by molar-refractivity contribution is 0.411. The van der Waals surface area contributed by atoms with E-state index in [-0.39, 0.29) is 0 Å². The molecule has 0 atom stereocenters. The van der Waals surface area contributed by atoms with Crippen molar-refractivity contribution in [2.75, 3.05) is 0 Å². The summed E-state index contributed by atoms with van der Waals surface area (Å²) in [6.07, 6.45) is 0. The lowest BCUT2D eigenvalue weighted by Crippen LogP contribution is -2.56. The van der Waals surface area contributed by atoms with Crippen LogP contribution in [0.25, 0.3) is 0 Å². The molecular formula is C14H8F8Si. The third-order valence-electron chi connectivity index (χ3n) is 3.55. The number of benzene rings is 2. The lowest BCUT2D eigenvalue weighted by atomic mass is 10.3. The van der Waals surface area contributed by atoms with E-state index >= 15 is 0 Å². The SMILES string of the molecule is C[Si](C)(c1cc(F)c(F)c(F)c1F)c1cc(F)c(F)c(F)c1F. The maximum atomic E-state index is 13.9. The fraction of sp³-hybridized carbons (Fsp3) is 0.143. The van der Waals surface area contributed by atoms with Gasteiger partial charge < -0.3 is 0 Å². The zero-order valence-electron chi connectivity index (χ0n) is 11.7. The summed E-state index contributed by atoms with van der Waals surface area (Å²) in [7, 11) is -3.76. The average molecular weight is 356 g/mol. The van der Waals surface area contributed by atoms with Crippen LogP contribution in [0.1, 0.15) is 0 Å². The second-order valence-electron chi connectivity index (χ2n) is 5.32. The second-order valence-corrected chi connectivity index (χ2v) is 9.65. The molecule has 0 aliphatic heterocycles. The van der Waals surface area contributed by atoms with Crippen LogP contribution < -0.4 is 10.4 Å². The Morgan fingerprint density at radius 1 is 0.522 bits per heavy atom. The van der Waals surface area contributed by atoms with Crippen LogP contribution in [0.3, 0.4) is 0 Å². The number of rotatable bonds is 2. The lowest BCUT2D eigenvalue weighted by Gasteiger charge is -2.25. The first-order valence-corrected chi connectivity index (χ1v) is 9.17. The molecule has 23 heavy (non-hydrogen) atoms. The summed E-state index contributed by atoms with van der Waals surface area (Å²) in [5.74, 6) is -15.4. The van der Waals surface area contributed by atoms with Crippen LogP contribution in [-0.2, 0) is 0 Å². The highest BCUT2D eigenvalue weighted by Gasteiger charge is 2.37. The normalized spacial score (nSPS) is 11.9. The smallest absolute Gasteiger partial charge is 0.197 e. The van der Waals surface area contributed by atoms with Gasteiger partial charge in [-0.15, -0.1) is 0 Å². The Balaban J connectivity index is 2.79. The minimum absolute atomic E-state index is 0.304. The van der Waals surface area contributed by atoms with Crippen molar-refractivity contribution in [3.05, 3.63) is 58.7 Å². The van der Waals surface area contributed by atoms with E-state index in [1.165, 1.54) is 0 Å². The Morgan fingerprint density at radius 2 is 0.826 bits per heavy atom. The molecule has 2 aromatic carbocycles. The van der Waals surface area contributed by atoms with Crippen LogP contribution in [0.2, 0.25) is 13.1 Å². The summed E-state index contributed by atoms with van der Waals surface area (Å²) < 4.78 is 107. The van der Waals surface area contributed by atoms with Crippen LogP contribution in [0.15, 0.2) is 12.1 Å². The Labute approximate surface area is 126 Å². The maximum Gasteiger partial charge on any atom is 0.197 e. The van der Waals surface area contributed by atoms with E-state index in [1.54, 1.807) is 0 Å². The summed E-state index contributed by atoms with van der Waals surface area (Å²) in [6, 6.07) is 0.608. The van der Waals surface area contributed by atoms with E-state index in [0.29, 0.717) is 12.1 Å². The molecule has 0 aliphatic carbocycles. The van der Waals surface area contributed by atoms with Crippen LogP contribution in [0, 0.1) is 46.5 Å². The van der Waals surface area contributed by atoms with Gasteiger partial charge >= 0.3 is 0 Å². The molecule has 2 aromatic rings. The molecule has 0 amide bonds. The van der Waals surface area contributed by atoms with Gasteiger partial charge in [-0.3, -0.25) is 0 Å². The number of hydrogen-bond acceptors (Lipinski definition) is 0. The number of hydrogen-bond donors (Lipinski definition) is 0. The van der Waals surface area contributed by atoms with Crippen LogP contribution in [0.4, 0.5) is 35.1 Å². The Hall–Kier alpha value is -1.90. The highest BCUT2D eigenvalue weighted by atomic mass is 28.3. The van der Waals surface area contributed by atoms with Gasteiger partial charge in [0, 0.05) is 0 Å². The first kappa shape index (κ1) is 17.5. The van der Waals surface area contributed by atoms with E-state index < -0.39 is 65.0 Å². The third kappa shape index (κ3) is 2.62. The van der Waals surface area contributed by atoms with Gasteiger partial charge in [0.15, 0.2) is 46.5 Å². The Bertz CT molecular complexity index is 735. The minimum Gasteiger partial charge on any atom is -0.204 e. The van der Waals surface area contributed by atoms with Gasteiger partial charge in [-0.1, -0.05) is 13.1 Å². The van der Waals surface area contributed by atoms with Gasteiger partial charge in [0.05, 0.1) is 0 Å². The minimum atomic E-state index is -3.76. The zero-order valence-corrected chi connectivity index (χ0v) is 12.7. The molecule has 0 spiro atoms. The predicted octanol–water partition coefficient (Wildman–Crippen LogP) is 3.62. The molecule has 0 saturated carbocycles. The third-order valence-corrected chi connectivity index (χ3v) is 6.97. The molecule has 0 aliphatic rings. The predicted molar refractivity (Wildman–Crippen MR) is 69.3 cm³/mol. The molecule has 0 bridgehead atoms. The summed E-state index contributed by atoms with van der Waals surface area (Å²) in [6.45, 7) is 2.24. The Morgan fingerprint density at radius 3 is 1.13 bits per heavy atom. The molecule has 0 heterocycles. The summed E-state index contributed by atoms with van der Waals surface area (Å²) >= 11 is 0. The van der Waals surface area contributed by atoms with Crippen molar-refractivity contribution in [1.82, 2.24) is 0 Å². The van der Waals surface area contributed by atoms with E-state index in [1.807, 2.05) is 0 Å². The largest absolute Gasteiger partial charge is 0.204 e. The van der Waals surface area contributed by atoms with Crippen molar-refractivity contribution in [3.8, 4) is 0 Å². The average Bonchev–Trinajstić information content (AvgIpc) is 2.49. The summed E-state index contributed by atoms with van der Waals surface area (Å²) in [5, 5.41) is -1.50. The molecule has 2 rings (SSSR count). The first-order chi connectivity index (χ1) is 10.5. The van der Waals surface area contributed by atoms with E-state index in [2.05, 4.69) is 0 Å². The van der Waals surface area contributed by atoms with Gasteiger partial charge in [-0.2, -0.15) is 0 Å². The molecule has 124 valence electrons. The topological polar surface area (TPSA) is 0 Å². The molecule has 0 unspecified atom stereocenters. The molecule has 0 aromatic heterocycles. The molecular weight excluding hydrogens is 348 g/mol. The van der Waals surface area contributed by atoms with Gasteiger partial charge in [0.2, 0.25) is 0 Å². The fourth-order valence-corrected chi connectivity index (χ4v) is 4.78. The molecule has 0 N–H and O–H groups in total. The van der Waals surface area contributed by atoms with Gasteiger partial charge in [-0.05, 0) is 22.5 Å². The van der Waals surface area contributed by atoms with Crippen molar-refractivity contribution < 1.29 is 35.1 Å². The number of halogens is 8. The molecule has 0 nitrogen and oxygen atoms in total. The van der Waals surface area contributed by atoms with Gasteiger partial charge in [0.1, 0.15) is 8.07 Å². The fourth-order valence-electron chi connectivity index (χ4n) is 2.20. The molecule has 0 radical (unpaired) electrons. The molecule has 0 saturated heterocycles. The van der Waals surface area contributed by atoms with Crippen molar-refractivity contribution >= 4 is 18.4 Å². The molecule has 9 heteroatoms. The van der Waals surface area contributed by atoms with E-state index in [4.69, 9.17) is 0 Å². The monoisotopic (exact) mass is 356 g/mol. The quantitative estimate of drug-likeness (QED) is 0.334. The maximum absolute atomic E-state index is 13.9. The summed E-state index contributed by atoms with van der Waals surface area (Å²) in [4.78, 5) is 0.